The average Bonchev–Trinajstić information content (AvgIpc) is 3.14. The van der Waals surface area contributed by atoms with Crippen LogP contribution >= 0.6 is 35.7 Å². The highest BCUT2D eigenvalue weighted by Gasteiger charge is 2.24. The second-order valence-corrected chi connectivity index (χ2v) is 8.39. The number of anilines is 1. The number of rotatable bonds is 5. The van der Waals surface area contributed by atoms with Crippen LogP contribution in [0.25, 0.3) is 0 Å². The molecule has 2 unspecified atom stereocenters. The number of likely N-dealkylation sites (N-methyl/N-ethyl adjacent to an activating group) is 1. The molecule has 0 amide bonds. The Hall–Kier alpha value is -0.740. The van der Waals surface area contributed by atoms with Gasteiger partial charge in [0.15, 0.2) is 5.96 Å². The molecule has 6 nitrogen and oxygen atoms in total. The Morgan fingerprint density at radius 1 is 1.26 bits per heavy atom. The Labute approximate surface area is 185 Å². The lowest BCUT2D eigenvalue weighted by atomic mass is 10.2. The molecule has 2 fully saturated rings. The summed E-state index contributed by atoms with van der Waals surface area (Å²) in [6.45, 7) is 5.05. The fourth-order valence-electron chi connectivity index (χ4n) is 3.60. The van der Waals surface area contributed by atoms with Crippen LogP contribution in [0.15, 0.2) is 23.3 Å². The van der Waals surface area contributed by atoms with Gasteiger partial charge in [0, 0.05) is 57.3 Å². The smallest absolute Gasteiger partial charge is 0.191 e. The molecule has 1 saturated heterocycles. The first-order valence-electron chi connectivity index (χ1n) is 9.56. The Morgan fingerprint density at radius 3 is 2.63 bits per heavy atom. The highest BCUT2D eigenvalue weighted by Crippen LogP contribution is 2.28. The predicted octanol–water partition coefficient (Wildman–Crippen LogP) is 2.40. The van der Waals surface area contributed by atoms with Crippen molar-refractivity contribution in [3.05, 3.63) is 23.9 Å². The molecule has 1 aliphatic heterocycles. The van der Waals surface area contributed by atoms with Gasteiger partial charge in [-0.15, -0.1) is 24.0 Å². The van der Waals surface area contributed by atoms with Crippen LogP contribution < -0.4 is 15.5 Å². The second kappa shape index (κ2) is 11.3. The molecule has 2 N–H and O–H groups in total. The molecular weight excluding hydrogens is 471 g/mol. The van der Waals surface area contributed by atoms with Gasteiger partial charge >= 0.3 is 0 Å². The third-order valence-electron chi connectivity index (χ3n) is 5.38. The third-order valence-corrected chi connectivity index (χ3v) is 6.47. The first-order chi connectivity index (χ1) is 12.7. The molecule has 0 radical (unpaired) electrons. The Morgan fingerprint density at radius 2 is 2.04 bits per heavy atom. The van der Waals surface area contributed by atoms with Gasteiger partial charge < -0.3 is 20.4 Å². The Balaban J connectivity index is 0.00000261. The molecule has 152 valence electrons. The summed E-state index contributed by atoms with van der Waals surface area (Å²) in [7, 11) is 4.01. The highest BCUT2D eigenvalue weighted by atomic mass is 127. The van der Waals surface area contributed by atoms with Crippen LogP contribution in [0.2, 0.25) is 0 Å². The summed E-state index contributed by atoms with van der Waals surface area (Å²) < 4.78 is 0. The van der Waals surface area contributed by atoms with Crippen molar-refractivity contribution in [3.63, 3.8) is 0 Å². The van der Waals surface area contributed by atoms with Gasteiger partial charge in [-0.25, -0.2) is 4.98 Å². The number of nitrogens with one attached hydrogen (secondary N) is 2. The zero-order valence-corrected chi connectivity index (χ0v) is 19.8. The molecule has 27 heavy (non-hydrogen) atoms. The molecule has 1 aromatic heterocycles. The lowest BCUT2D eigenvalue weighted by molar-refractivity contribution is 0.312. The summed E-state index contributed by atoms with van der Waals surface area (Å²) in [5.41, 5.74) is 1.18. The number of hydrogen-bond donors (Lipinski definition) is 2. The number of thioether (sulfide) groups is 1. The van der Waals surface area contributed by atoms with Gasteiger partial charge in [-0.3, -0.25) is 4.99 Å². The van der Waals surface area contributed by atoms with Crippen LogP contribution in [0.4, 0.5) is 5.82 Å². The van der Waals surface area contributed by atoms with Crippen molar-refractivity contribution in [1.29, 1.82) is 0 Å². The number of guanidine groups is 1. The maximum Gasteiger partial charge on any atom is 0.191 e. The summed E-state index contributed by atoms with van der Waals surface area (Å²) >= 11 is 1.98. The molecule has 2 heterocycles. The van der Waals surface area contributed by atoms with E-state index < -0.39 is 0 Å². The summed E-state index contributed by atoms with van der Waals surface area (Å²) in [5, 5.41) is 7.77. The topological polar surface area (TPSA) is 55.8 Å². The number of aromatic nitrogens is 1. The summed E-state index contributed by atoms with van der Waals surface area (Å²) in [6, 6.07) is 4.84. The van der Waals surface area contributed by atoms with Gasteiger partial charge in [0.05, 0.1) is 0 Å². The standard InChI is InChI=1S/C19H32N6S.HI/c1-20-19(23-16-5-6-17(12-16)26-3)22-14-15-4-7-18(21-13-15)25-10-8-24(2)9-11-25;/h4,7,13,16-17H,5-6,8-12,14H2,1-3H3,(H2,20,22,23);1H. The normalized spacial score (nSPS) is 23.8. The van der Waals surface area contributed by atoms with E-state index in [1.807, 2.05) is 25.0 Å². The van der Waals surface area contributed by atoms with E-state index in [-0.39, 0.29) is 24.0 Å². The summed E-state index contributed by atoms with van der Waals surface area (Å²) in [5.74, 6) is 1.97. The van der Waals surface area contributed by atoms with Crippen molar-refractivity contribution in [2.45, 2.75) is 37.1 Å². The van der Waals surface area contributed by atoms with Gasteiger partial charge in [0.25, 0.3) is 0 Å². The van der Waals surface area contributed by atoms with E-state index in [0.29, 0.717) is 6.04 Å². The van der Waals surface area contributed by atoms with Crippen molar-refractivity contribution < 1.29 is 0 Å². The van der Waals surface area contributed by atoms with E-state index in [2.05, 4.69) is 55.8 Å². The number of aliphatic imine (C=N–C) groups is 1. The molecule has 1 saturated carbocycles. The van der Waals surface area contributed by atoms with E-state index in [1.54, 1.807) is 0 Å². The number of hydrogen-bond acceptors (Lipinski definition) is 5. The SMILES string of the molecule is CN=C(NCc1ccc(N2CCN(C)CC2)nc1)NC1CCC(SC)C1.I. The zero-order valence-electron chi connectivity index (χ0n) is 16.6. The van der Waals surface area contributed by atoms with Crippen LogP contribution in [0.3, 0.4) is 0 Å². The predicted molar refractivity (Wildman–Crippen MR) is 128 cm³/mol. The number of nitrogens with zero attached hydrogens (tertiary/aromatic N) is 4. The second-order valence-electron chi connectivity index (χ2n) is 7.25. The van der Waals surface area contributed by atoms with Crippen molar-refractivity contribution in [3.8, 4) is 0 Å². The van der Waals surface area contributed by atoms with E-state index in [9.17, 15) is 0 Å². The zero-order chi connectivity index (χ0) is 18.4. The third kappa shape index (κ3) is 6.67. The van der Waals surface area contributed by atoms with Crippen molar-refractivity contribution in [1.82, 2.24) is 20.5 Å². The van der Waals surface area contributed by atoms with E-state index in [1.165, 1.54) is 24.8 Å². The number of pyridine rings is 1. The summed E-state index contributed by atoms with van der Waals surface area (Å²) in [6.07, 6.45) is 7.94. The molecule has 0 aromatic carbocycles. The van der Waals surface area contributed by atoms with E-state index in [0.717, 1.165) is 49.8 Å². The molecule has 2 aliphatic rings. The molecule has 1 aliphatic carbocycles. The lowest BCUT2D eigenvalue weighted by Crippen LogP contribution is -2.44. The Bertz CT molecular complexity index is 588. The van der Waals surface area contributed by atoms with Gasteiger partial charge in [0.1, 0.15) is 5.82 Å². The lowest BCUT2D eigenvalue weighted by Gasteiger charge is -2.33. The minimum Gasteiger partial charge on any atom is -0.354 e. The summed E-state index contributed by atoms with van der Waals surface area (Å²) in [4.78, 5) is 13.8. The van der Waals surface area contributed by atoms with Crippen molar-refractivity contribution in [2.75, 3.05) is 51.4 Å². The average molecular weight is 504 g/mol. The molecule has 8 heteroatoms. The van der Waals surface area contributed by atoms with Crippen LogP contribution in [-0.2, 0) is 6.54 Å². The fraction of sp³-hybridized carbons (Fsp3) is 0.684. The molecule has 0 spiro atoms. The monoisotopic (exact) mass is 504 g/mol. The molecule has 2 atom stereocenters. The van der Waals surface area contributed by atoms with Crippen LogP contribution in [0.1, 0.15) is 24.8 Å². The molecular formula is C19H33IN6S. The minimum absolute atomic E-state index is 0. The van der Waals surface area contributed by atoms with Gasteiger partial charge in [0.2, 0.25) is 0 Å². The van der Waals surface area contributed by atoms with Crippen LogP contribution in [0, 0.1) is 0 Å². The molecule has 1 aromatic rings. The first kappa shape index (κ1) is 22.5. The molecule has 3 rings (SSSR count). The first-order valence-corrected chi connectivity index (χ1v) is 10.8. The fourth-order valence-corrected chi connectivity index (χ4v) is 4.40. The molecule has 0 bridgehead atoms. The van der Waals surface area contributed by atoms with Gasteiger partial charge in [-0.05, 0) is 44.2 Å². The van der Waals surface area contributed by atoms with Crippen LogP contribution in [-0.4, -0.2) is 73.7 Å². The van der Waals surface area contributed by atoms with E-state index in [4.69, 9.17) is 0 Å². The number of piperazine rings is 1. The Kier molecular flexibility index (Phi) is 9.44. The quantitative estimate of drug-likeness (QED) is 0.365. The van der Waals surface area contributed by atoms with Gasteiger partial charge in [-0.2, -0.15) is 11.8 Å². The van der Waals surface area contributed by atoms with E-state index >= 15 is 0 Å². The minimum atomic E-state index is 0. The van der Waals surface area contributed by atoms with Crippen molar-refractivity contribution in [2.24, 2.45) is 4.99 Å². The largest absolute Gasteiger partial charge is 0.354 e. The highest BCUT2D eigenvalue weighted by molar-refractivity contribution is 14.0. The van der Waals surface area contributed by atoms with Gasteiger partial charge in [-0.1, -0.05) is 6.07 Å². The maximum atomic E-state index is 4.66. The van der Waals surface area contributed by atoms with Crippen molar-refractivity contribution >= 4 is 47.5 Å². The maximum absolute atomic E-state index is 4.66. The van der Waals surface area contributed by atoms with Crippen LogP contribution in [0.5, 0.6) is 0 Å². The number of halogens is 1.